The Balaban J connectivity index is 2.80. The minimum atomic E-state index is 0.596. The molecule has 2 unspecified atom stereocenters. The van der Waals surface area contributed by atoms with E-state index in [0.717, 1.165) is 0 Å². The van der Waals surface area contributed by atoms with E-state index in [2.05, 4.69) is 61.8 Å². The molecule has 0 heterocycles. The first kappa shape index (κ1) is 11.8. The molecule has 1 heteroatoms. The lowest BCUT2D eigenvalue weighted by atomic mass is 9.94. The zero-order valence-corrected chi connectivity index (χ0v) is 11.1. The van der Waals surface area contributed by atoms with Crippen LogP contribution in [0.1, 0.15) is 42.9 Å². The van der Waals surface area contributed by atoms with Crippen molar-refractivity contribution >= 4 is 15.9 Å². The maximum atomic E-state index is 3.61. The van der Waals surface area contributed by atoms with Crippen molar-refractivity contribution in [2.45, 2.75) is 44.9 Å². The van der Waals surface area contributed by atoms with Crippen LogP contribution in [0.5, 0.6) is 0 Å². The van der Waals surface area contributed by atoms with E-state index >= 15 is 0 Å². The van der Waals surface area contributed by atoms with Crippen LogP contribution >= 0.6 is 15.9 Å². The molecule has 1 rings (SSSR count). The van der Waals surface area contributed by atoms with Gasteiger partial charge in [0.2, 0.25) is 0 Å². The predicted octanol–water partition coefficient (Wildman–Crippen LogP) is 4.58. The third kappa shape index (κ3) is 3.13. The fraction of sp³-hybridized carbons (Fsp3) is 0.538. The quantitative estimate of drug-likeness (QED) is 0.693. The fourth-order valence-corrected chi connectivity index (χ4v) is 2.26. The highest BCUT2D eigenvalue weighted by Gasteiger charge is 2.08. The average Bonchev–Trinajstić information content (AvgIpc) is 2.08. The Kier molecular flexibility index (Phi) is 4.18. The van der Waals surface area contributed by atoms with E-state index in [1.54, 1.807) is 0 Å². The molecule has 0 saturated heterocycles. The van der Waals surface area contributed by atoms with Gasteiger partial charge >= 0.3 is 0 Å². The van der Waals surface area contributed by atoms with Crippen molar-refractivity contribution in [3.63, 3.8) is 0 Å². The van der Waals surface area contributed by atoms with E-state index in [9.17, 15) is 0 Å². The number of hydrogen-bond donors (Lipinski definition) is 0. The topological polar surface area (TPSA) is 0 Å². The predicted molar refractivity (Wildman–Crippen MR) is 67.3 cm³/mol. The van der Waals surface area contributed by atoms with Crippen molar-refractivity contribution in [3.05, 3.63) is 34.9 Å². The minimum Gasteiger partial charge on any atom is -0.0893 e. The molecule has 0 nitrogen and oxygen atoms in total. The Labute approximate surface area is 95.9 Å². The van der Waals surface area contributed by atoms with E-state index in [-0.39, 0.29) is 0 Å². The highest BCUT2D eigenvalue weighted by Crippen LogP contribution is 2.24. The van der Waals surface area contributed by atoms with Gasteiger partial charge in [-0.25, -0.2) is 0 Å². The van der Waals surface area contributed by atoms with Gasteiger partial charge in [-0.3, -0.25) is 0 Å². The Bertz CT molecular complexity index is 302. The summed E-state index contributed by atoms with van der Waals surface area (Å²) in [6.45, 7) is 8.85. The molecule has 78 valence electrons. The lowest BCUT2D eigenvalue weighted by Gasteiger charge is -2.14. The van der Waals surface area contributed by atoms with Crippen molar-refractivity contribution in [2.24, 2.45) is 0 Å². The van der Waals surface area contributed by atoms with Gasteiger partial charge < -0.3 is 0 Å². The molecule has 0 aliphatic rings. The summed E-state index contributed by atoms with van der Waals surface area (Å²) in [7, 11) is 0. The van der Waals surface area contributed by atoms with Gasteiger partial charge in [0.05, 0.1) is 0 Å². The van der Waals surface area contributed by atoms with Gasteiger partial charge in [0.25, 0.3) is 0 Å². The summed E-state index contributed by atoms with van der Waals surface area (Å²) in [6, 6.07) is 6.79. The molecule has 0 N–H and O–H groups in total. The first-order chi connectivity index (χ1) is 6.50. The second kappa shape index (κ2) is 4.97. The third-order valence-electron chi connectivity index (χ3n) is 2.78. The van der Waals surface area contributed by atoms with E-state index < -0.39 is 0 Å². The largest absolute Gasteiger partial charge is 0.0893 e. The monoisotopic (exact) mass is 254 g/mol. The van der Waals surface area contributed by atoms with Gasteiger partial charge in [0.15, 0.2) is 0 Å². The Hall–Kier alpha value is -0.300. The lowest BCUT2D eigenvalue weighted by Crippen LogP contribution is -2.01. The second-order valence-corrected chi connectivity index (χ2v) is 5.82. The fourth-order valence-electron chi connectivity index (χ4n) is 1.69. The first-order valence-electron chi connectivity index (χ1n) is 5.22. The Morgan fingerprint density at radius 3 is 2.29 bits per heavy atom. The van der Waals surface area contributed by atoms with Crippen molar-refractivity contribution < 1.29 is 0 Å². The third-order valence-corrected chi connectivity index (χ3v) is 3.15. The van der Waals surface area contributed by atoms with Gasteiger partial charge in [0, 0.05) is 4.83 Å². The number of benzene rings is 1. The number of halogens is 1. The van der Waals surface area contributed by atoms with Crippen molar-refractivity contribution in [2.75, 3.05) is 0 Å². The van der Waals surface area contributed by atoms with Crippen LogP contribution < -0.4 is 0 Å². The molecule has 0 aliphatic heterocycles. The SMILES string of the molecule is Cc1ccc(C(C)CC(C)Br)cc1C. The van der Waals surface area contributed by atoms with Crippen LogP contribution in [0.15, 0.2) is 18.2 Å². The summed E-state index contributed by atoms with van der Waals surface area (Å²) in [6.07, 6.45) is 1.20. The molecule has 0 spiro atoms. The molecule has 0 bridgehead atoms. The van der Waals surface area contributed by atoms with Crippen LogP contribution in [0, 0.1) is 13.8 Å². The van der Waals surface area contributed by atoms with E-state index in [1.165, 1.54) is 23.1 Å². The molecule has 0 saturated carbocycles. The molecular weight excluding hydrogens is 236 g/mol. The zero-order chi connectivity index (χ0) is 10.7. The van der Waals surface area contributed by atoms with Gasteiger partial charge in [-0.05, 0) is 42.9 Å². The van der Waals surface area contributed by atoms with Gasteiger partial charge in [0.1, 0.15) is 0 Å². The summed E-state index contributed by atoms with van der Waals surface area (Å²) < 4.78 is 0. The summed E-state index contributed by atoms with van der Waals surface area (Å²) in [5.74, 6) is 0.642. The Morgan fingerprint density at radius 2 is 1.79 bits per heavy atom. The van der Waals surface area contributed by atoms with E-state index in [1.807, 2.05) is 0 Å². The van der Waals surface area contributed by atoms with Crippen LogP contribution in [-0.4, -0.2) is 4.83 Å². The van der Waals surface area contributed by atoms with Crippen molar-refractivity contribution in [1.29, 1.82) is 0 Å². The van der Waals surface area contributed by atoms with Crippen LogP contribution in [0.2, 0.25) is 0 Å². The van der Waals surface area contributed by atoms with Gasteiger partial charge in [-0.2, -0.15) is 0 Å². The van der Waals surface area contributed by atoms with E-state index in [4.69, 9.17) is 0 Å². The van der Waals surface area contributed by atoms with Crippen LogP contribution in [0.3, 0.4) is 0 Å². The molecule has 0 amide bonds. The Morgan fingerprint density at radius 1 is 1.14 bits per heavy atom. The molecule has 1 aromatic rings. The molecule has 0 aliphatic carbocycles. The smallest absolute Gasteiger partial charge is 0.0123 e. The zero-order valence-electron chi connectivity index (χ0n) is 9.47. The van der Waals surface area contributed by atoms with Gasteiger partial charge in [-0.15, -0.1) is 0 Å². The molecule has 0 radical (unpaired) electrons. The molecule has 0 fully saturated rings. The summed E-state index contributed by atoms with van der Waals surface area (Å²) in [5, 5.41) is 0. The molecule has 14 heavy (non-hydrogen) atoms. The molecule has 0 aromatic heterocycles. The maximum absolute atomic E-state index is 3.61. The average molecular weight is 255 g/mol. The summed E-state index contributed by atoms with van der Waals surface area (Å²) >= 11 is 3.61. The highest BCUT2D eigenvalue weighted by molar-refractivity contribution is 9.09. The van der Waals surface area contributed by atoms with Crippen molar-refractivity contribution in [1.82, 2.24) is 0 Å². The first-order valence-corrected chi connectivity index (χ1v) is 6.13. The van der Waals surface area contributed by atoms with Crippen LogP contribution in [0.25, 0.3) is 0 Å². The second-order valence-electron chi connectivity index (χ2n) is 4.26. The standard InChI is InChI=1S/C13H19Br/c1-9-5-6-13(8-10(9)2)11(3)7-12(4)14/h5-6,8,11-12H,7H2,1-4H3. The summed E-state index contributed by atoms with van der Waals surface area (Å²) in [5.41, 5.74) is 4.24. The molecule has 1 aromatic carbocycles. The van der Waals surface area contributed by atoms with E-state index in [0.29, 0.717) is 10.7 Å². The van der Waals surface area contributed by atoms with Crippen molar-refractivity contribution in [3.8, 4) is 0 Å². The van der Waals surface area contributed by atoms with Crippen LogP contribution in [-0.2, 0) is 0 Å². The lowest BCUT2D eigenvalue weighted by molar-refractivity contribution is 0.681. The number of aryl methyl sites for hydroxylation is 2. The number of alkyl halides is 1. The number of rotatable bonds is 3. The van der Waals surface area contributed by atoms with Gasteiger partial charge in [-0.1, -0.05) is 48.0 Å². The molecular formula is C13H19Br. The highest BCUT2D eigenvalue weighted by atomic mass is 79.9. The number of hydrogen-bond acceptors (Lipinski definition) is 0. The summed E-state index contributed by atoms with van der Waals surface area (Å²) in [4.78, 5) is 0.596. The minimum absolute atomic E-state index is 0.596. The van der Waals surface area contributed by atoms with Crippen LogP contribution in [0.4, 0.5) is 0 Å². The normalized spacial score (nSPS) is 15.2. The maximum Gasteiger partial charge on any atom is 0.0123 e. The molecule has 2 atom stereocenters.